The van der Waals surface area contributed by atoms with Crippen LogP contribution in [0, 0.1) is 0 Å². The summed E-state index contributed by atoms with van der Waals surface area (Å²) >= 11 is 0. The van der Waals surface area contributed by atoms with E-state index in [0.29, 0.717) is 13.1 Å². The van der Waals surface area contributed by atoms with Crippen molar-refractivity contribution in [2.75, 3.05) is 45.7 Å². The van der Waals surface area contributed by atoms with E-state index in [0.717, 1.165) is 48.9 Å². The van der Waals surface area contributed by atoms with E-state index < -0.39 is 0 Å². The number of piperazine rings is 1. The van der Waals surface area contributed by atoms with Crippen molar-refractivity contribution < 1.29 is 14.3 Å². The molecular formula is C19H27N5O3. The minimum Gasteiger partial charge on any atom is -0.497 e. The molecule has 27 heavy (non-hydrogen) atoms. The number of ether oxygens (including phenoxy) is 2. The first-order chi connectivity index (χ1) is 13.1. The molecule has 8 heteroatoms. The highest BCUT2D eigenvalue weighted by molar-refractivity contribution is 5.89. The second-order valence-electron chi connectivity index (χ2n) is 6.46. The summed E-state index contributed by atoms with van der Waals surface area (Å²) in [6.07, 6.45) is 3.51. The van der Waals surface area contributed by atoms with Crippen LogP contribution in [0.25, 0.3) is 0 Å². The second-order valence-corrected chi connectivity index (χ2v) is 6.46. The third-order valence-electron chi connectivity index (χ3n) is 4.75. The Morgan fingerprint density at radius 3 is 2.59 bits per heavy atom. The molecule has 2 heterocycles. The number of hydrogen-bond acceptors (Lipinski definition) is 5. The Morgan fingerprint density at radius 1 is 1.19 bits per heavy atom. The maximum atomic E-state index is 12.4. The van der Waals surface area contributed by atoms with Crippen LogP contribution in [-0.4, -0.2) is 66.0 Å². The van der Waals surface area contributed by atoms with Gasteiger partial charge in [-0.15, -0.1) is 0 Å². The number of methoxy groups -OCH3 is 2. The van der Waals surface area contributed by atoms with Gasteiger partial charge in [0.25, 0.3) is 0 Å². The van der Waals surface area contributed by atoms with Gasteiger partial charge in [0.05, 0.1) is 26.1 Å². The van der Waals surface area contributed by atoms with Gasteiger partial charge in [0.2, 0.25) is 0 Å². The zero-order valence-electron chi connectivity index (χ0n) is 16.1. The molecule has 1 aliphatic rings. The van der Waals surface area contributed by atoms with Gasteiger partial charge in [0.15, 0.2) is 0 Å². The summed E-state index contributed by atoms with van der Waals surface area (Å²) in [7, 11) is 3.33. The van der Waals surface area contributed by atoms with E-state index in [2.05, 4.69) is 15.3 Å². The van der Waals surface area contributed by atoms with Crippen molar-refractivity contribution in [1.82, 2.24) is 19.6 Å². The molecule has 1 aliphatic heterocycles. The fourth-order valence-electron chi connectivity index (χ4n) is 3.16. The highest BCUT2D eigenvalue weighted by Crippen LogP contribution is 2.25. The molecule has 0 atom stereocenters. The molecule has 1 aromatic carbocycles. The average molecular weight is 373 g/mol. The van der Waals surface area contributed by atoms with Crippen LogP contribution in [0.15, 0.2) is 30.6 Å². The maximum Gasteiger partial charge on any atom is 0.322 e. The largest absolute Gasteiger partial charge is 0.497 e. The predicted molar refractivity (Wildman–Crippen MR) is 103 cm³/mol. The number of nitrogens with zero attached hydrogens (tertiary/aromatic N) is 4. The first-order valence-corrected chi connectivity index (χ1v) is 9.14. The molecule has 3 rings (SSSR count). The molecule has 1 saturated heterocycles. The lowest BCUT2D eigenvalue weighted by Gasteiger charge is -2.34. The zero-order valence-corrected chi connectivity index (χ0v) is 16.1. The fraction of sp³-hybridized carbons (Fsp3) is 0.474. The Morgan fingerprint density at radius 2 is 1.96 bits per heavy atom. The second kappa shape index (κ2) is 8.77. The van der Waals surface area contributed by atoms with Gasteiger partial charge in [-0.25, -0.2) is 4.79 Å². The molecule has 0 bridgehead atoms. The Balaban J connectivity index is 1.53. The van der Waals surface area contributed by atoms with Gasteiger partial charge in [-0.05, 0) is 25.1 Å². The Bertz CT molecular complexity index is 768. The van der Waals surface area contributed by atoms with Crippen molar-refractivity contribution in [2.24, 2.45) is 0 Å². The van der Waals surface area contributed by atoms with Crippen molar-refractivity contribution in [1.29, 1.82) is 0 Å². The number of benzene rings is 1. The number of nitrogens with one attached hydrogen (secondary N) is 1. The van der Waals surface area contributed by atoms with Gasteiger partial charge in [0, 0.05) is 51.0 Å². The smallest absolute Gasteiger partial charge is 0.322 e. The van der Waals surface area contributed by atoms with E-state index in [9.17, 15) is 4.79 Å². The van der Waals surface area contributed by atoms with Crippen LogP contribution in [0.1, 0.15) is 12.5 Å². The molecule has 0 unspecified atom stereocenters. The number of amides is 2. The summed E-state index contributed by atoms with van der Waals surface area (Å²) < 4.78 is 12.6. The van der Waals surface area contributed by atoms with Gasteiger partial charge < -0.3 is 19.7 Å². The molecule has 146 valence electrons. The van der Waals surface area contributed by atoms with E-state index >= 15 is 0 Å². The topological polar surface area (TPSA) is 71.9 Å². The first kappa shape index (κ1) is 19.0. The lowest BCUT2D eigenvalue weighted by molar-refractivity contribution is 0.142. The molecule has 2 aromatic rings. The number of anilines is 1. The predicted octanol–water partition coefficient (Wildman–Crippen LogP) is 2.27. The Labute approximate surface area is 159 Å². The lowest BCUT2D eigenvalue weighted by atomic mass is 10.1. The van der Waals surface area contributed by atoms with Crippen LogP contribution in [0.5, 0.6) is 11.5 Å². The normalized spacial score (nSPS) is 14.9. The molecule has 1 aromatic heterocycles. The average Bonchev–Trinajstić information content (AvgIpc) is 3.16. The number of rotatable bonds is 6. The zero-order chi connectivity index (χ0) is 19.2. The van der Waals surface area contributed by atoms with Crippen molar-refractivity contribution in [3.63, 3.8) is 0 Å². The van der Waals surface area contributed by atoms with E-state index in [1.807, 2.05) is 36.2 Å². The van der Waals surface area contributed by atoms with E-state index in [4.69, 9.17) is 9.47 Å². The van der Waals surface area contributed by atoms with Crippen LogP contribution in [0.3, 0.4) is 0 Å². The van der Waals surface area contributed by atoms with Gasteiger partial charge >= 0.3 is 6.03 Å². The highest BCUT2D eigenvalue weighted by atomic mass is 16.5. The van der Waals surface area contributed by atoms with Crippen molar-refractivity contribution in [2.45, 2.75) is 20.0 Å². The molecule has 0 spiro atoms. The number of carbonyl (C=O) groups excluding carboxylic acids is 1. The van der Waals surface area contributed by atoms with Gasteiger partial charge in [-0.2, -0.15) is 5.10 Å². The van der Waals surface area contributed by atoms with E-state index in [1.165, 1.54) is 0 Å². The Kier molecular flexibility index (Phi) is 6.18. The molecule has 0 radical (unpaired) electrons. The fourth-order valence-corrected chi connectivity index (χ4v) is 3.16. The maximum absolute atomic E-state index is 12.4. The minimum absolute atomic E-state index is 0.0794. The molecule has 0 aliphatic carbocycles. The van der Waals surface area contributed by atoms with Crippen molar-refractivity contribution >= 4 is 11.7 Å². The number of aryl methyl sites for hydroxylation is 1. The van der Waals surface area contributed by atoms with Crippen molar-refractivity contribution in [3.05, 3.63) is 36.2 Å². The summed E-state index contributed by atoms with van der Waals surface area (Å²) in [4.78, 5) is 16.6. The highest BCUT2D eigenvalue weighted by Gasteiger charge is 2.22. The lowest BCUT2D eigenvalue weighted by Crippen LogP contribution is -2.49. The number of aromatic nitrogens is 2. The summed E-state index contributed by atoms with van der Waals surface area (Å²) in [5.74, 6) is 1.67. The quantitative estimate of drug-likeness (QED) is 0.841. The summed E-state index contributed by atoms with van der Waals surface area (Å²) in [5.41, 5.74) is 1.81. The van der Waals surface area contributed by atoms with Crippen LogP contribution >= 0.6 is 0 Å². The third-order valence-corrected chi connectivity index (χ3v) is 4.75. The summed E-state index contributed by atoms with van der Waals surface area (Å²) in [6.45, 7) is 6.53. The van der Waals surface area contributed by atoms with E-state index in [-0.39, 0.29) is 6.03 Å². The molecular weight excluding hydrogens is 346 g/mol. The minimum atomic E-state index is -0.0794. The monoisotopic (exact) mass is 373 g/mol. The van der Waals surface area contributed by atoms with Crippen LogP contribution < -0.4 is 14.8 Å². The van der Waals surface area contributed by atoms with Crippen LogP contribution in [0.2, 0.25) is 0 Å². The van der Waals surface area contributed by atoms with Gasteiger partial charge in [0.1, 0.15) is 11.5 Å². The molecule has 1 fully saturated rings. The molecule has 2 amide bonds. The SMILES string of the molecule is CCn1cc(NC(=O)N2CCN(Cc3cc(OC)ccc3OC)CC2)cn1. The molecule has 0 saturated carbocycles. The van der Waals surface area contributed by atoms with Crippen LogP contribution in [0.4, 0.5) is 10.5 Å². The Hall–Kier alpha value is -2.74. The number of hydrogen-bond donors (Lipinski definition) is 1. The van der Waals surface area contributed by atoms with Crippen molar-refractivity contribution in [3.8, 4) is 11.5 Å². The first-order valence-electron chi connectivity index (χ1n) is 9.14. The standard InChI is InChI=1S/C19H27N5O3/c1-4-24-14-16(12-20-24)21-19(25)23-9-7-22(8-10-23)13-15-11-17(26-2)5-6-18(15)27-3/h5-6,11-12,14H,4,7-10,13H2,1-3H3,(H,21,25). The summed E-state index contributed by atoms with van der Waals surface area (Å²) in [5, 5.41) is 7.09. The molecule has 8 nitrogen and oxygen atoms in total. The third kappa shape index (κ3) is 4.71. The van der Waals surface area contributed by atoms with Gasteiger partial charge in [-0.3, -0.25) is 9.58 Å². The summed E-state index contributed by atoms with van der Waals surface area (Å²) in [6, 6.07) is 5.74. The number of urea groups is 1. The number of carbonyl (C=O) groups is 1. The molecule has 1 N–H and O–H groups in total. The van der Waals surface area contributed by atoms with Gasteiger partial charge in [-0.1, -0.05) is 0 Å². The van der Waals surface area contributed by atoms with E-state index in [1.54, 1.807) is 25.1 Å². The van der Waals surface area contributed by atoms with Crippen LogP contribution in [-0.2, 0) is 13.1 Å².